The summed E-state index contributed by atoms with van der Waals surface area (Å²) >= 11 is 0. The molecule has 1 saturated carbocycles. The van der Waals surface area contributed by atoms with Crippen molar-refractivity contribution in [2.45, 2.75) is 77.0 Å². The van der Waals surface area contributed by atoms with Crippen molar-refractivity contribution in [3.05, 3.63) is 0 Å². The Hall–Kier alpha value is -0.0800. The van der Waals surface area contributed by atoms with Crippen LogP contribution in [0.5, 0.6) is 0 Å². The van der Waals surface area contributed by atoms with Crippen LogP contribution in [0, 0.1) is 0 Å². The molecule has 2 heteroatoms. The van der Waals surface area contributed by atoms with Crippen LogP contribution in [-0.2, 0) is 0 Å². The standard InChI is InChI=1S/C12H25NO/c1-4-10(3)13-11-6-8-12(14,5-2)9-7-11/h10-11,13-14H,4-9H2,1-3H3. The molecule has 0 aromatic heterocycles. The molecule has 0 heterocycles. The highest BCUT2D eigenvalue weighted by Gasteiger charge is 2.31. The highest BCUT2D eigenvalue weighted by molar-refractivity contribution is 4.87. The SMILES string of the molecule is CCC(C)NC1CCC(O)(CC)CC1. The molecule has 1 aliphatic carbocycles. The largest absolute Gasteiger partial charge is 0.390 e. The van der Waals surface area contributed by atoms with Crippen molar-refractivity contribution < 1.29 is 5.11 Å². The quantitative estimate of drug-likeness (QED) is 0.729. The normalized spacial score (nSPS) is 35.6. The number of hydrogen-bond donors (Lipinski definition) is 2. The van der Waals surface area contributed by atoms with Crippen molar-refractivity contribution in [2.24, 2.45) is 0 Å². The average Bonchev–Trinajstić information content (AvgIpc) is 2.21. The predicted octanol–water partition coefficient (Wildman–Crippen LogP) is 2.46. The summed E-state index contributed by atoms with van der Waals surface area (Å²) in [6.07, 6.45) is 6.30. The monoisotopic (exact) mass is 199 g/mol. The van der Waals surface area contributed by atoms with Crippen LogP contribution < -0.4 is 5.32 Å². The Morgan fingerprint density at radius 1 is 1.36 bits per heavy atom. The lowest BCUT2D eigenvalue weighted by molar-refractivity contribution is -0.00765. The van der Waals surface area contributed by atoms with Crippen molar-refractivity contribution in [1.82, 2.24) is 5.32 Å². The van der Waals surface area contributed by atoms with E-state index in [1.165, 1.54) is 6.42 Å². The van der Waals surface area contributed by atoms with Gasteiger partial charge in [-0.25, -0.2) is 0 Å². The van der Waals surface area contributed by atoms with Crippen LogP contribution in [0.15, 0.2) is 0 Å². The molecule has 14 heavy (non-hydrogen) atoms. The molecule has 0 saturated heterocycles. The van der Waals surface area contributed by atoms with Crippen molar-refractivity contribution in [1.29, 1.82) is 0 Å². The third-order valence-electron chi connectivity index (χ3n) is 3.71. The fourth-order valence-corrected chi connectivity index (χ4v) is 2.20. The van der Waals surface area contributed by atoms with E-state index in [-0.39, 0.29) is 5.60 Å². The van der Waals surface area contributed by atoms with Gasteiger partial charge in [0.25, 0.3) is 0 Å². The number of aliphatic hydroxyl groups is 1. The topological polar surface area (TPSA) is 32.3 Å². The molecular weight excluding hydrogens is 174 g/mol. The molecule has 0 spiro atoms. The van der Waals surface area contributed by atoms with E-state index >= 15 is 0 Å². The summed E-state index contributed by atoms with van der Waals surface area (Å²) in [6, 6.07) is 1.25. The van der Waals surface area contributed by atoms with Gasteiger partial charge in [0.05, 0.1) is 5.60 Å². The first kappa shape index (κ1) is 12.0. The Morgan fingerprint density at radius 3 is 2.36 bits per heavy atom. The molecule has 0 aliphatic heterocycles. The average molecular weight is 199 g/mol. The highest BCUT2D eigenvalue weighted by Crippen LogP contribution is 2.30. The van der Waals surface area contributed by atoms with Gasteiger partial charge in [0.15, 0.2) is 0 Å². The summed E-state index contributed by atoms with van der Waals surface area (Å²) in [5, 5.41) is 13.7. The van der Waals surface area contributed by atoms with Gasteiger partial charge in [-0.2, -0.15) is 0 Å². The zero-order chi connectivity index (χ0) is 10.6. The van der Waals surface area contributed by atoms with Crippen LogP contribution in [0.2, 0.25) is 0 Å². The molecule has 0 aromatic carbocycles. The molecule has 2 nitrogen and oxygen atoms in total. The first-order chi connectivity index (χ1) is 6.59. The van der Waals surface area contributed by atoms with E-state index in [2.05, 4.69) is 26.1 Å². The van der Waals surface area contributed by atoms with Crippen LogP contribution >= 0.6 is 0 Å². The molecule has 0 bridgehead atoms. The molecule has 1 fully saturated rings. The molecule has 1 unspecified atom stereocenters. The first-order valence-corrected chi connectivity index (χ1v) is 6.08. The van der Waals surface area contributed by atoms with Crippen molar-refractivity contribution in [2.75, 3.05) is 0 Å². The summed E-state index contributed by atoms with van der Waals surface area (Å²) in [5.41, 5.74) is -0.354. The van der Waals surface area contributed by atoms with E-state index in [1.54, 1.807) is 0 Å². The molecular formula is C12H25NO. The Kier molecular flexibility index (Phi) is 4.39. The molecule has 2 N–H and O–H groups in total. The fraction of sp³-hybridized carbons (Fsp3) is 1.00. The van der Waals surface area contributed by atoms with Crippen LogP contribution in [-0.4, -0.2) is 22.8 Å². The zero-order valence-electron chi connectivity index (χ0n) is 9.84. The third-order valence-corrected chi connectivity index (χ3v) is 3.71. The summed E-state index contributed by atoms with van der Waals surface area (Å²) in [5.74, 6) is 0. The first-order valence-electron chi connectivity index (χ1n) is 6.08. The van der Waals surface area contributed by atoms with Crippen LogP contribution in [0.4, 0.5) is 0 Å². The lowest BCUT2D eigenvalue weighted by Crippen LogP contribution is -2.43. The van der Waals surface area contributed by atoms with Gasteiger partial charge >= 0.3 is 0 Å². The van der Waals surface area contributed by atoms with E-state index in [0.717, 1.165) is 32.1 Å². The van der Waals surface area contributed by atoms with E-state index in [4.69, 9.17) is 0 Å². The van der Waals surface area contributed by atoms with Gasteiger partial charge < -0.3 is 10.4 Å². The van der Waals surface area contributed by atoms with E-state index in [0.29, 0.717) is 12.1 Å². The summed E-state index contributed by atoms with van der Waals surface area (Å²) < 4.78 is 0. The van der Waals surface area contributed by atoms with Gasteiger partial charge in [-0.3, -0.25) is 0 Å². The van der Waals surface area contributed by atoms with Crippen molar-refractivity contribution in [3.8, 4) is 0 Å². The maximum atomic E-state index is 10.1. The Balaban J connectivity index is 2.29. The molecule has 1 aliphatic rings. The second-order valence-electron chi connectivity index (χ2n) is 4.83. The van der Waals surface area contributed by atoms with Crippen LogP contribution in [0.25, 0.3) is 0 Å². The second-order valence-corrected chi connectivity index (χ2v) is 4.83. The minimum Gasteiger partial charge on any atom is -0.390 e. The Morgan fingerprint density at radius 2 is 1.93 bits per heavy atom. The minimum absolute atomic E-state index is 0.354. The highest BCUT2D eigenvalue weighted by atomic mass is 16.3. The molecule has 0 amide bonds. The number of hydrogen-bond acceptors (Lipinski definition) is 2. The summed E-state index contributed by atoms with van der Waals surface area (Å²) in [7, 11) is 0. The summed E-state index contributed by atoms with van der Waals surface area (Å²) in [6.45, 7) is 6.53. The lowest BCUT2D eigenvalue weighted by Gasteiger charge is -2.36. The van der Waals surface area contributed by atoms with E-state index in [9.17, 15) is 5.11 Å². The van der Waals surface area contributed by atoms with Crippen molar-refractivity contribution >= 4 is 0 Å². The molecule has 1 atom stereocenters. The molecule has 0 aromatic rings. The van der Waals surface area contributed by atoms with E-state index < -0.39 is 0 Å². The maximum absolute atomic E-state index is 10.1. The van der Waals surface area contributed by atoms with Gasteiger partial charge in [-0.05, 0) is 45.4 Å². The molecule has 1 rings (SSSR count). The fourth-order valence-electron chi connectivity index (χ4n) is 2.20. The van der Waals surface area contributed by atoms with E-state index in [1.807, 2.05) is 0 Å². The summed E-state index contributed by atoms with van der Waals surface area (Å²) in [4.78, 5) is 0. The predicted molar refractivity (Wildman–Crippen MR) is 60.4 cm³/mol. The van der Waals surface area contributed by atoms with Gasteiger partial charge in [0, 0.05) is 12.1 Å². The zero-order valence-corrected chi connectivity index (χ0v) is 9.84. The Labute approximate surface area is 88.1 Å². The minimum atomic E-state index is -0.354. The molecule has 0 radical (unpaired) electrons. The lowest BCUT2D eigenvalue weighted by atomic mass is 9.80. The third kappa shape index (κ3) is 3.25. The van der Waals surface area contributed by atoms with Crippen molar-refractivity contribution in [3.63, 3.8) is 0 Å². The van der Waals surface area contributed by atoms with Crippen LogP contribution in [0.1, 0.15) is 59.3 Å². The van der Waals surface area contributed by atoms with Gasteiger partial charge in [-0.15, -0.1) is 0 Å². The maximum Gasteiger partial charge on any atom is 0.0646 e. The smallest absolute Gasteiger partial charge is 0.0646 e. The molecule has 84 valence electrons. The van der Waals surface area contributed by atoms with Gasteiger partial charge in [0.2, 0.25) is 0 Å². The van der Waals surface area contributed by atoms with Gasteiger partial charge in [0.1, 0.15) is 0 Å². The number of rotatable bonds is 4. The van der Waals surface area contributed by atoms with Gasteiger partial charge in [-0.1, -0.05) is 13.8 Å². The van der Waals surface area contributed by atoms with Crippen LogP contribution in [0.3, 0.4) is 0 Å². The second kappa shape index (κ2) is 5.13. The number of nitrogens with one attached hydrogen (secondary N) is 1. The Bertz CT molecular complexity index is 162.